The Morgan fingerprint density at radius 1 is 1.08 bits per heavy atom. The van der Waals surface area contributed by atoms with Crippen LogP contribution in [0.25, 0.3) is 33.1 Å². The van der Waals surface area contributed by atoms with Crippen LogP contribution >= 0.6 is 0 Å². The van der Waals surface area contributed by atoms with Crippen molar-refractivity contribution in [2.45, 2.75) is 88.4 Å². The van der Waals surface area contributed by atoms with Crippen molar-refractivity contribution in [2.24, 2.45) is 0 Å². The third-order valence-electron chi connectivity index (χ3n) is 10.3. The Bertz CT molecular complexity index is 2060. The van der Waals surface area contributed by atoms with Gasteiger partial charge in [-0.25, -0.2) is 23.3 Å². The topological polar surface area (TPSA) is 118 Å². The number of piperazine rings is 1. The molecule has 6 heterocycles. The van der Waals surface area contributed by atoms with Gasteiger partial charge in [0.25, 0.3) is 0 Å². The number of amides is 1. The van der Waals surface area contributed by atoms with E-state index in [0.717, 1.165) is 37.5 Å². The summed E-state index contributed by atoms with van der Waals surface area (Å²) >= 11 is 0. The molecule has 2 aromatic heterocycles. The normalized spacial score (nSPS) is 24.9. The molecule has 4 aromatic rings. The standard InChI is InChI=1S/C35H37F6N7O4/c1-33(2,3)52-32(49)46-31-44-27-20(7-8-23(37)28(27)51-31)24-22(35(39,40)41)11-21-26(25(24)38)43-30(45-29(21)47-14-18-5-6-19(15-47)42-18)50-16-34-9-4-10-48(34)13-17(36)12-34/h7-8,11,17-19,42H,4-6,9-10,12-16H2,1-3H3,(H,44,46,49)/t17-,18?,19?,34+/m1/s1. The van der Waals surface area contributed by atoms with Crippen LogP contribution in [0.3, 0.4) is 0 Å². The van der Waals surface area contributed by atoms with Gasteiger partial charge in [0.1, 0.15) is 35.2 Å². The molecular weight excluding hydrogens is 696 g/mol. The number of aromatic nitrogens is 3. The maximum Gasteiger partial charge on any atom is 0.417 e. The number of nitrogens with one attached hydrogen (secondary N) is 2. The number of nitrogens with zero attached hydrogens (tertiary/aromatic N) is 5. The van der Waals surface area contributed by atoms with E-state index in [1.54, 1.807) is 20.8 Å². The summed E-state index contributed by atoms with van der Waals surface area (Å²) in [6.07, 6.45) is -3.61. The van der Waals surface area contributed by atoms with Crippen LogP contribution in [0.2, 0.25) is 0 Å². The minimum atomic E-state index is -5.10. The lowest BCUT2D eigenvalue weighted by Gasteiger charge is -2.35. The van der Waals surface area contributed by atoms with Crippen molar-refractivity contribution in [1.82, 2.24) is 25.2 Å². The van der Waals surface area contributed by atoms with E-state index in [2.05, 4.69) is 25.6 Å². The number of oxazole rings is 1. The largest absolute Gasteiger partial charge is 0.461 e. The van der Waals surface area contributed by atoms with Crippen molar-refractivity contribution in [3.05, 3.63) is 35.4 Å². The van der Waals surface area contributed by atoms with Gasteiger partial charge >= 0.3 is 24.3 Å². The first-order valence-corrected chi connectivity index (χ1v) is 17.3. The van der Waals surface area contributed by atoms with E-state index >= 15 is 22.0 Å². The van der Waals surface area contributed by atoms with Gasteiger partial charge in [-0.1, -0.05) is 0 Å². The van der Waals surface area contributed by atoms with Gasteiger partial charge in [0.15, 0.2) is 17.2 Å². The summed E-state index contributed by atoms with van der Waals surface area (Å²) in [6.45, 7) is 6.64. The highest BCUT2D eigenvalue weighted by atomic mass is 19.4. The molecule has 4 aliphatic heterocycles. The maximum absolute atomic E-state index is 17.1. The lowest BCUT2D eigenvalue weighted by molar-refractivity contribution is -0.137. The van der Waals surface area contributed by atoms with E-state index in [1.165, 1.54) is 0 Å². The van der Waals surface area contributed by atoms with Gasteiger partial charge < -0.3 is 24.1 Å². The molecule has 2 bridgehead atoms. The van der Waals surface area contributed by atoms with Crippen molar-refractivity contribution in [3.63, 3.8) is 0 Å². The maximum atomic E-state index is 17.1. The summed E-state index contributed by atoms with van der Waals surface area (Å²) in [6, 6.07) is 1.89. The zero-order chi connectivity index (χ0) is 36.7. The first kappa shape index (κ1) is 34.7. The van der Waals surface area contributed by atoms with Crippen LogP contribution in [-0.2, 0) is 10.9 Å². The Morgan fingerprint density at radius 3 is 2.54 bits per heavy atom. The van der Waals surface area contributed by atoms with Gasteiger partial charge in [0.05, 0.1) is 11.1 Å². The van der Waals surface area contributed by atoms with Crippen LogP contribution in [0.4, 0.5) is 43.0 Å². The van der Waals surface area contributed by atoms with Crippen LogP contribution in [0.15, 0.2) is 22.6 Å². The molecule has 278 valence electrons. The van der Waals surface area contributed by atoms with E-state index in [0.29, 0.717) is 26.1 Å². The smallest absolute Gasteiger partial charge is 0.417 e. The second-order valence-corrected chi connectivity index (χ2v) is 15.2. The quantitative estimate of drug-likeness (QED) is 0.201. The van der Waals surface area contributed by atoms with E-state index in [-0.39, 0.29) is 48.9 Å². The number of hydrogen-bond acceptors (Lipinski definition) is 10. The molecule has 8 rings (SSSR count). The minimum absolute atomic E-state index is 0.0191. The molecule has 2 N–H and O–H groups in total. The summed E-state index contributed by atoms with van der Waals surface area (Å²) in [4.78, 5) is 29.2. The number of carbonyl (C=O) groups excluding carboxylic acids is 1. The molecule has 4 atom stereocenters. The summed E-state index contributed by atoms with van der Waals surface area (Å²) in [7, 11) is 0. The molecule has 4 aliphatic rings. The molecule has 1 amide bonds. The Labute approximate surface area is 294 Å². The lowest BCUT2D eigenvalue weighted by atomic mass is 9.94. The number of alkyl halides is 4. The second-order valence-electron chi connectivity index (χ2n) is 15.2. The van der Waals surface area contributed by atoms with Crippen molar-refractivity contribution < 1.29 is 45.0 Å². The molecule has 0 radical (unpaired) electrons. The molecule has 11 nitrogen and oxygen atoms in total. The first-order chi connectivity index (χ1) is 24.6. The van der Waals surface area contributed by atoms with Crippen LogP contribution < -0.4 is 20.3 Å². The zero-order valence-corrected chi connectivity index (χ0v) is 28.7. The van der Waals surface area contributed by atoms with E-state index in [1.807, 2.05) is 9.80 Å². The second kappa shape index (κ2) is 12.4. The monoisotopic (exact) mass is 733 g/mol. The fourth-order valence-electron chi connectivity index (χ4n) is 8.22. The number of anilines is 2. The van der Waals surface area contributed by atoms with Crippen LogP contribution in [-0.4, -0.2) is 88.1 Å². The highest BCUT2D eigenvalue weighted by Gasteiger charge is 2.49. The summed E-state index contributed by atoms with van der Waals surface area (Å²) in [5.74, 6) is -2.28. The fraction of sp³-hybridized carbons (Fsp3) is 0.543. The van der Waals surface area contributed by atoms with Gasteiger partial charge in [-0.2, -0.15) is 28.1 Å². The predicted molar refractivity (Wildman–Crippen MR) is 178 cm³/mol. The summed E-state index contributed by atoms with van der Waals surface area (Å²) in [5, 5.41) is 5.50. The number of fused-ring (bicyclic) bond motifs is 5. The molecule has 17 heteroatoms. The molecule has 0 aliphatic carbocycles. The molecule has 2 aromatic carbocycles. The fourth-order valence-corrected chi connectivity index (χ4v) is 8.22. The average Bonchev–Trinajstić information content (AvgIpc) is 3.81. The minimum Gasteiger partial charge on any atom is -0.461 e. The van der Waals surface area contributed by atoms with Gasteiger partial charge in [-0.3, -0.25) is 4.90 Å². The number of ether oxygens (including phenoxy) is 2. The molecule has 0 spiro atoms. The average molecular weight is 734 g/mol. The third kappa shape index (κ3) is 6.24. The number of carbonyl (C=O) groups is 1. The Morgan fingerprint density at radius 2 is 1.83 bits per heavy atom. The van der Waals surface area contributed by atoms with Crippen molar-refractivity contribution >= 4 is 39.9 Å². The van der Waals surface area contributed by atoms with Crippen LogP contribution in [0.1, 0.15) is 58.4 Å². The van der Waals surface area contributed by atoms with E-state index in [4.69, 9.17) is 13.9 Å². The zero-order valence-electron chi connectivity index (χ0n) is 28.7. The molecule has 52 heavy (non-hydrogen) atoms. The number of rotatable bonds is 6. The van der Waals surface area contributed by atoms with E-state index < -0.39 is 80.5 Å². The van der Waals surface area contributed by atoms with Crippen molar-refractivity contribution in [2.75, 3.05) is 43.0 Å². The molecule has 0 saturated carbocycles. The Balaban J connectivity index is 1.28. The molecular formula is C35H37F6N7O4. The first-order valence-electron chi connectivity index (χ1n) is 17.3. The molecule has 2 unspecified atom stereocenters. The number of halogens is 6. The third-order valence-corrected chi connectivity index (χ3v) is 10.3. The molecule has 4 saturated heterocycles. The van der Waals surface area contributed by atoms with Crippen molar-refractivity contribution in [1.29, 1.82) is 0 Å². The van der Waals surface area contributed by atoms with Crippen LogP contribution in [0, 0.1) is 11.6 Å². The number of benzene rings is 2. The van der Waals surface area contributed by atoms with Gasteiger partial charge in [0, 0.05) is 54.7 Å². The number of hydrogen-bond donors (Lipinski definition) is 2. The highest BCUT2D eigenvalue weighted by molar-refractivity contribution is 6.00. The summed E-state index contributed by atoms with van der Waals surface area (Å²) in [5.41, 5.74) is -5.80. The van der Waals surface area contributed by atoms with Gasteiger partial charge in [0.2, 0.25) is 0 Å². The van der Waals surface area contributed by atoms with E-state index in [9.17, 15) is 9.18 Å². The lowest BCUT2D eigenvalue weighted by Crippen LogP contribution is -2.51. The highest BCUT2D eigenvalue weighted by Crippen LogP contribution is 2.46. The Hall–Kier alpha value is -4.38. The van der Waals surface area contributed by atoms with Crippen molar-refractivity contribution in [3.8, 4) is 17.1 Å². The van der Waals surface area contributed by atoms with Crippen LogP contribution in [0.5, 0.6) is 6.01 Å². The van der Waals surface area contributed by atoms with Gasteiger partial charge in [-0.15, -0.1) is 0 Å². The van der Waals surface area contributed by atoms with Gasteiger partial charge in [-0.05, 0) is 71.2 Å². The SMILES string of the molecule is CC(C)(C)OC(=O)Nc1nc2c(-c3c(C(F)(F)F)cc4c(N5CC6CCC(C5)N6)nc(OC[C@@]56CCCN5C[C@H](F)C6)nc4c3F)ccc(F)c2o1. The predicted octanol–water partition coefficient (Wildman–Crippen LogP) is 6.98. The summed E-state index contributed by atoms with van der Waals surface area (Å²) < 4.78 is 108. The Kier molecular flexibility index (Phi) is 8.24. The molecule has 4 fully saturated rings.